The van der Waals surface area contributed by atoms with Crippen LogP contribution in [0.2, 0.25) is 0 Å². The molecule has 6 N–H and O–H groups in total. The summed E-state index contributed by atoms with van der Waals surface area (Å²) in [7, 11) is 0. The zero-order valence-corrected chi connectivity index (χ0v) is 20.4. The number of nitrogens with one attached hydrogen (secondary N) is 1. The van der Waals surface area contributed by atoms with Crippen molar-refractivity contribution in [3.05, 3.63) is 65.2 Å². The SMILES string of the molecule is NC(=NCc1ccccc1OC12CC3CC(CC(C3)C1)C2)NC(=O)c1ccc(CC(N)C(=O)O)cc1. The maximum absolute atomic E-state index is 12.6. The molecule has 190 valence electrons. The molecule has 0 aliphatic heterocycles. The summed E-state index contributed by atoms with van der Waals surface area (Å²) in [6.07, 6.45) is 7.73. The van der Waals surface area contributed by atoms with Gasteiger partial charge in [-0.25, -0.2) is 4.99 Å². The van der Waals surface area contributed by atoms with Crippen molar-refractivity contribution in [3.8, 4) is 5.75 Å². The van der Waals surface area contributed by atoms with Crippen LogP contribution in [0.5, 0.6) is 5.75 Å². The van der Waals surface area contributed by atoms with Gasteiger partial charge in [0.1, 0.15) is 17.4 Å². The Morgan fingerprint density at radius 3 is 2.25 bits per heavy atom. The van der Waals surface area contributed by atoms with E-state index in [4.69, 9.17) is 21.3 Å². The van der Waals surface area contributed by atoms with Gasteiger partial charge in [-0.15, -0.1) is 0 Å². The third-order valence-electron chi connectivity index (χ3n) is 7.93. The first-order chi connectivity index (χ1) is 17.3. The van der Waals surface area contributed by atoms with Gasteiger partial charge in [0, 0.05) is 11.1 Å². The molecule has 4 aliphatic carbocycles. The Morgan fingerprint density at radius 1 is 1.03 bits per heavy atom. The molecule has 4 fully saturated rings. The molecule has 1 unspecified atom stereocenters. The van der Waals surface area contributed by atoms with Gasteiger partial charge >= 0.3 is 5.97 Å². The summed E-state index contributed by atoms with van der Waals surface area (Å²) in [5.74, 6) is 1.84. The van der Waals surface area contributed by atoms with E-state index in [0.717, 1.165) is 53.9 Å². The van der Waals surface area contributed by atoms with Gasteiger partial charge in [0.2, 0.25) is 0 Å². The van der Waals surface area contributed by atoms with E-state index in [1.165, 1.54) is 19.3 Å². The average molecular weight is 491 g/mol. The van der Waals surface area contributed by atoms with Gasteiger partial charge < -0.3 is 21.3 Å². The van der Waals surface area contributed by atoms with E-state index in [1.54, 1.807) is 24.3 Å². The number of carboxylic acid groups (broad SMARTS) is 1. The fraction of sp³-hybridized carbons (Fsp3) is 0.464. The molecule has 8 heteroatoms. The van der Waals surface area contributed by atoms with Crippen molar-refractivity contribution >= 4 is 17.8 Å². The smallest absolute Gasteiger partial charge is 0.320 e. The molecule has 1 amide bonds. The normalized spacial score (nSPS) is 27.5. The van der Waals surface area contributed by atoms with Gasteiger partial charge in [0.05, 0.1) is 6.54 Å². The van der Waals surface area contributed by atoms with Crippen LogP contribution in [0, 0.1) is 17.8 Å². The number of benzene rings is 2. The third-order valence-corrected chi connectivity index (χ3v) is 7.93. The number of ether oxygens (including phenoxy) is 1. The van der Waals surface area contributed by atoms with Crippen molar-refractivity contribution in [1.29, 1.82) is 0 Å². The summed E-state index contributed by atoms with van der Waals surface area (Å²) in [4.78, 5) is 27.9. The number of hydrogen-bond donors (Lipinski definition) is 4. The fourth-order valence-electron chi connectivity index (χ4n) is 6.66. The van der Waals surface area contributed by atoms with E-state index >= 15 is 0 Å². The Kier molecular flexibility index (Phi) is 6.71. The highest BCUT2D eigenvalue weighted by Crippen LogP contribution is 2.57. The second kappa shape index (κ2) is 9.93. The average Bonchev–Trinajstić information content (AvgIpc) is 2.82. The Hall–Kier alpha value is -3.39. The Labute approximate surface area is 211 Å². The van der Waals surface area contributed by atoms with Gasteiger partial charge in [0.25, 0.3) is 5.91 Å². The third kappa shape index (κ3) is 5.38. The summed E-state index contributed by atoms with van der Waals surface area (Å²) < 4.78 is 6.74. The number of guanidine groups is 1. The number of carbonyl (C=O) groups excluding carboxylic acids is 1. The number of carbonyl (C=O) groups is 2. The lowest BCUT2D eigenvalue weighted by molar-refractivity contribution is -0.138. The molecule has 0 radical (unpaired) electrons. The molecule has 0 heterocycles. The van der Waals surface area contributed by atoms with Crippen LogP contribution < -0.4 is 21.5 Å². The summed E-state index contributed by atoms with van der Waals surface area (Å²) in [6.45, 7) is 0.306. The number of amides is 1. The second-order valence-electron chi connectivity index (χ2n) is 10.8. The first kappa shape index (κ1) is 24.3. The van der Waals surface area contributed by atoms with Crippen molar-refractivity contribution in [2.75, 3.05) is 0 Å². The largest absolute Gasteiger partial charge is 0.487 e. The van der Waals surface area contributed by atoms with Gasteiger partial charge in [-0.05, 0) is 86.5 Å². The predicted octanol–water partition coefficient (Wildman–Crippen LogP) is 3.23. The lowest BCUT2D eigenvalue weighted by Crippen LogP contribution is -2.53. The first-order valence-electron chi connectivity index (χ1n) is 12.7. The monoisotopic (exact) mass is 490 g/mol. The minimum Gasteiger partial charge on any atom is -0.487 e. The fourth-order valence-corrected chi connectivity index (χ4v) is 6.66. The number of para-hydroxylation sites is 1. The van der Waals surface area contributed by atoms with Crippen molar-refractivity contribution in [2.24, 2.45) is 34.2 Å². The Balaban J connectivity index is 1.20. The zero-order chi connectivity index (χ0) is 25.3. The lowest BCUT2D eigenvalue weighted by Gasteiger charge is -2.56. The molecule has 2 aromatic rings. The Bertz CT molecular complexity index is 1130. The number of aliphatic imine (C=N–C) groups is 1. The summed E-state index contributed by atoms with van der Waals surface area (Å²) in [6, 6.07) is 13.6. The summed E-state index contributed by atoms with van der Waals surface area (Å²) in [5, 5.41) is 11.6. The number of nitrogens with two attached hydrogens (primary N) is 2. The van der Waals surface area contributed by atoms with Crippen molar-refractivity contribution in [3.63, 3.8) is 0 Å². The Morgan fingerprint density at radius 2 is 1.64 bits per heavy atom. The molecule has 8 nitrogen and oxygen atoms in total. The van der Waals surface area contributed by atoms with Crippen LogP contribution >= 0.6 is 0 Å². The van der Waals surface area contributed by atoms with Crippen molar-refractivity contribution < 1.29 is 19.4 Å². The highest BCUT2D eigenvalue weighted by Gasteiger charge is 2.52. The molecule has 4 saturated carbocycles. The molecule has 0 aromatic heterocycles. The molecular formula is C28H34N4O4. The van der Waals surface area contributed by atoms with E-state index in [9.17, 15) is 9.59 Å². The van der Waals surface area contributed by atoms with Crippen molar-refractivity contribution in [2.45, 2.75) is 63.1 Å². The minimum absolute atomic E-state index is 0.0292. The van der Waals surface area contributed by atoms with Gasteiger partial charge in [-0.3, -0.25) is 14.9 Å². The number of hydrogen-bond acceptors (Lipinski definition) is 5. The van der Waals surface area contributed by atoms with Crippen molar-refractivity contribution in [1.82, 2.24) is 5.32 Å². The standard InChI is InChI=1S/C28H34N4O4/c29-23(26(34)35)12-17-5-7-21(8-6-17)25(33)32-27(30)31-16-22-3-1-2-4-24(22)36-28-13-18-9-19(14-28)11-20(10-18)15-28/h1-8,18-20,23H,9-16,29H2,(H,34,35)(H3,30,31,32,33). The molecule has 4 bridgehead atoms. The van der Waals surface area contributed by atoms with Gasteiger partial charge in [0.15, 0.2) is 5.96 Å². The minimum atomic E-state index is -1.06. The molecular weight excluding hydrogens is 456 g/mol. The van der Waals surface area contributed by atoms with Crippen LogP contribution in [-0.2, 0) is 17.8 Å². The molecule has 4 aliphatic rings. The summed E-state index contributed by atoms with van der Waals surface area (Å²) in [5.41, 5.74) is 13.6. The second-order valence-corrected chi connectivity index (χ2v) is 10.8. The van der Waals surface area contributed by atoms with Gasteiger partial charge in [-0.1, -0.05) is 30.3 Å². The lowest BCUT2D eigenvalue weighted by atomic mass is 9.54. The maximum Gasteiger partial charge on any atom is 0.320 e. The van der Waals surface area contributed by atoms with Crippen LogP contribution in [0.4, 0.5) is 0 Å². The van der Waals surface area contributed by atoms with Gasteiger partial charge in [-0.2, -0.15) is 0 Å². The summed E-state index contributed by atoms with van der Waals surface area (Å²) >= 11 is 0. The van der Waals surface area contributed by atoms with E-state index < -0.39 is 12.0 Å². The number of rotatable bonds is 8. The van der Waals surface area contributed by atoms with Crippen LogP contribution in [0.1, 0.15) is 60.0 Å². The van der Waals surface area contributed by atoms with Crippen LogP contribution in [0.3, 0.4) is 0 Å². The quantitative estimate of drug-likeness (QED) is 0.331. The number of aliphatic carboxylic acids is 1. The maximum atomic E-state index is 12.6. The molecule has 36 heavy (non-hydrogen) atoms. The molecule has 1 atom stereocenters. The predicted molar refractivity (Wildman–Crippen MR) is 137 cm³/mol. The highest BCUT2D eigenvalue weighted by molar-refractivity contribution is 6.05. The van der Waals surface area contributed by atoms with Crippen LogP contribution in [0.25, 0.3) is 0 Å². The number of nitrogens with zero attached hydrogens (tertiary/aromatic N) is 1. The van der Waals surface area contributed by atoms with E-state index in [1.807, 2.05) is 24.3 Å². The molecule has 6 rings (SSSR count). The molecule has 0 spiro atoms. The zero-order valence-electron chi connectivity index (χ0n) is 20.4. The highest BCUT2D eigenvalue weighted by atomic mass is 16.5. The van der Waals surface area contributed by atoms with E-state index in [0.29, 0.717) is 12.1 Å². The molecule has 0 saturated heterocycles. The number of carboxylic acids is 1. The van der Waals surface area contributed by atoms with E-state index in [2.05, 4.69) is 10.3 Å². The van der Waals surface area contributed by atoms with Crippen LogP contribution in [-0.4, -0.2) is 34.6 Å². The van der Waals surface area contributed by atoms with Crippen LogP contribution in [0.15, 0.2) is 53.5 Å². The first-order valence-corrected chi connectivity index (χ1v) is 12.7. The van der Waals surface area contributed by atoms with E-state index in [-0.39, 0.29) is 23.9 Å². The topological polar surface area (TPSA) is 140 Å². The molecule has 2 aromatic carbocycles.